The Balaban J connectivity index is 2.12. The first-order chi connectivity index (χ1) is 11.8. The number of rotatable bonds is 10. The van der Waals surface area contributed by atoms with E-state index in [4.69, 9.17) is 9.47 Å². The maximum absolute atomic E-state index is 12.7. The Morgan fingerprint density at radius 2 is 2.08 bits per heavy atom. The van der Waals surface area contributed by atoms with Crippen LogP contribution in [0.5, 0.6) is 0 Å². The average molecular weight is 414 g/mol. The molecule has 2 heterocycles. The number of fused-ring (bicyclic) bond motifs is 1. The van der Waals surface area contributed by atoms with E-state index in [0.29, 0.717) is 38.3 Å². The molecule has 0 unspecified atom stereocenters. The van der Waals surface area contributed by atoms with Gasteiger partial charge < -0.3 is 9.47 Å². The molecule has 0 aromatic carbocycles. The molecule has 1 aromatic rings. The van der Waals surface area contributed by atoms with Gasteiger partial charge in [-0.3, -0.25) is 0 Å². The van der Waals surface area contributed by atoms with Gasteiger partial charge in [0.25, 0.3) is 20.0 Å². The number of methoxy groups -OCH3 is 1. The first kappa shape index (κ1) is 20.7. The normalized spacial score (nSPS) is 17.5. The van der Waals surface area contributed by atoms with Gasteiger partial charge in [0, 0.05) is 26.7 Å². The van der Waals surface area contributed by atoms with E-state index < -0.39 is 20.0 Å². The van der Waals surface area contributed by atoms with Crippen molar-refractivity contribution >= 4 is 31.4 Å². The summed E-state index contributed by atoms with van der Waals surface area (Å²) in [6.45, 7) is 3.80. The summed E-state index contributed by atoms with van der Waals surface area (Å²) in [6, 6.07) is 1.43. The fourth-order valence-electron chi connectivity index (χ4n) is 2.26. The van der Waals surface area contributed by atoms with Crippen molar-refractivity contribution < 1.29 is 26.3 Å². The number of sulfonamides is 2. The van der Waals surface area contributed by atoms with Gasteiger partial charge in [0.05, 0.1) is 19.8 Å². The quantitative estimate of drug-likeness (QED) is 0.402. The van der Waals surface area contributed by atoms with E-state index in [-0.39, 0.29) is 21.6 Å². The first-order valence-corrected chi connectivity index (χ1v) is 11.5. The SMILES string of the molecule is CCNNS(=O)(=O)c1cc2c(s1)S(=O)(=O)N(CCOCCOC)CC2. The lowest BCUT2D eigenvalue weighted by Gasteiger charge is -2.25. The van der Waals surface area contributed by atoms with Crippen LogP contribution in [0, 0.1) is 0 Å². The summed E-state index contributed by atoms with van der Waals surface area (Å²) in [7, 11) is -5.92. The van der Waals surface area contributed by atoms with Crippen LogP contribution in [0.1, 0.15) is 12.5 Å². The molecule has 0 fully saturated rings. The molecule has 1 aromatic heterocycles. The van der Waals surface area contributed by atoms with Crippen molar-refractivity contribution in [1.29, 1.82) is 0 Å². The van der Waals surface area contributed by atoms with E-state index in [1.807, 2.05) is 0 Å². The van der Waals surface area contributed by atoms with Crippen molar-refractivity contribution in [2.24, 2.45) is 0 Å². The molecule has 0 atom stereocenters. The van der Waals surface area contributed by atoms with Gasteiger partial charge in [-0.15, -0.1) is 16.2 Å². The molecule has 12 heteroatoms. The van der Waals surface area contributed by atoms with Gasteiger partial charge in [-0.05, 0) is 18.1 Å². The fourth-order valence-corrected chi connectivity index (χ4v) is 7.02. The van der Waals surface area contributed by atoms with Crippen LogP contribution < -0.4 is 10.3 Å². The lowest BCUT2D eigenvalue weighted by molar-refractivity contribution is 0.0657. The summed E-state index contributed by atoms with van der Waals surface area (Å²) in [5, 5.41) is 0. The molecule has 0 saturated carbocycles. The third-order valence-electron chi connectivity index (χ3n) is 3.52. The van der Waals surface area contributed by atoms with Crippen molar-refractivity contribution in [3.63, 3.8) is 0 Å². The minimum absolute atomic E-state index is 0.0137. The molecule has 9 nitrogen and oxygen atoms in total. The van der Waals surface area contributed by atoms with E-state index >= 15 is 0 Å². The van der Waals surface area contributed by atoms with Crippen LogP contribution in [-0.2, 0) is 35.9 Å². The summed E-state index contributed by atoms with van der Waals surface area (Å²) in [5.74, 6) is 0. The number of ether oxygens (including phenoxy) is 2. The van der Waals surface area contributed by atoms with Crippen LogP contribution in [0.15, 0.2) is 14.5 Å². The zero-order chi connectivity index (χ0) is 18.5. The van der Waals surface area contributed by atoms with Crippen LogP contribution in [0.3, 0.4) is 0 Å². The molecular weight excluding hydrogens is 390 g/mol. The molecule has 1 aliphatic rings. The average Bonchev–Trinajstić information content (AvgIpc) is 3.01. The number of thiophene rings is 1. The third kappa shape index (κ3) is 4.98. The summed E-state index contributed by atoms with van der Waals surface area (Å²) in [4.78, 5) is 2.22. The van der Waals surface area contributed by atoms with E-state index in [0.717, 1.165) is 11.3 Å². The molecular formula is C13H23N3O6S3. The Hall–Kier alpha value is -0.600. The van der Waals surface area contributed by atoms with Crippen molar-refractivity contribution in [2.45, 2.75) is 21.8 Å². The second kappa shape index (κ2) is 8.86. The molecule has 2 rings (SSSR count). The summed E-state index contributed by atoms with van der Waals surface area (Å²) in [6.07, 6.45) is 0.472. The van der Waals surface area contributed by atoms with Crippen LogP contribution in [-0.4, -0.2) is 67.7 Å². The van der Waals surface area contributed by atoms with Crippen molar-refractivity contribution in [2.75, 3.05) is 46.6 Å². The highest BCUT2D eigenvalue weighted by Crippen LogP contribution is 2.35. The predicted molar refractivity (Wildman–Crippen MR) is 93.5 cm³/mol. The molecule has 2 N–H and O–H groups in total. The molecule has 0 spiro atoms. The lowest BCUT2D eigenvalue weighted by atomic mass is 10.2. The second-order valence-corrected chi connectivity index (χ2v) is 10.4. The topological polar surface area (TPSA) is 114 Å². The molecule has 1 aliphatic heterocycles. The molecule has 0 radical (unpaired) electrons. The maximum Gasteiger partial charge on any atom is 0.262 e. The predicted octanol–water partition coefficient (Wildman–Crippen LogP) is -0.239. The highest BCUT2D eigenvalue weighted by molar-refractivity contribution is 7.94. The number of nitrogens with zero attached hydrogens (tertiary/aromatic N) is 1. The summed E-state index contributed by atoms with van der Waals surface area (Å²) in [5.41, 5.74) is 3.06. The van der Waals surface area contributed by atoms with Crippen LogP contribution in [0.25, 0.3) is 0 Å². The number of hydrogen-bond acceptors (Lipinski definition) is 8. The maximum atomic E-state index is 12.7. The van der Waals surface area contributed by atoms with E-state index in [2.05, 4.69) is 10.3 Å². The Kier molecular flexibility index (Phi) is 7.34. The Morgan fingerprint density at radius 1 is 1.32 bits per heavy atom. The Bertz CT molecular complexity index is 775. The molecule has 0 aliphatic carbocycles. The second-order valence-electron chi connectivity index (χ2n) is 5.27. The van der Waals surface area contributed by atoms with Gasteiger partial charge in [-0.2, -0.15) is 4.31 Å². The van der Waals surface area contributed by atoms with Gasteiger partial charge in [0.15, 0.2) is 0 Å². The molecule has 0 amide bonds. The zero-order valence-corrected chi connectivity index (χ0v) is 16.6. The van der Waals surface area contributed by atoms with Crippen LogP contribution in [0.2, 0.25) is 0 Å². The van der Waals surface area contributed by atoms with Gasteiger partial charge in [-0.1, -0.05) is 6.92 Å². The van der Waals surface area contributed by atoms with E-state index in [9.17, 15) is 16.8 Å². The van der Waals surface area contributed by atoms with Gasteiger partial charge in [0.1, 0.15) is 8.42 Å². The largest absolute Gasteiger partial charge is 0.382 e. The van der Waals surface area contributed by atoms with Gasteiger partial charge in [-0.25, -0.2) is 22.3 Å². The zero-order valence-electron chi connectivity index (χ0n) is 14.1. The third-order valence-corrected chi connectivity index (χ3v) is 8.91. The number of nitrogens with one attached hydrogen (secondary N) is 2. The monoisotopic (exact) mass is 413 g/mol. The van der Waals surface area contributed by atoms with E-state index in [1.165, 1.54) is 10.4 Å². The van der Waals surface area contributed by atoms with Crippen LogP contribution in [0.4, 0.5) is 0 Å². The standard InChI is InChI=1S/C13H23N3O6S3/c1-3-14-15-24(17,18)12-10-11-4-5-16(6-7-22-9-8-21-2)25(19,20)13(11)23-12/h10,14-15H,3-9H2,1-2H3. The Labute approximate surface area is 152 Å². The van der Waals surface area contributed by atoms with E-state index in [1.54, 1.807) is 14.0 Å². The lowest BCUT2D eigenvalue weighted by Crippen LogP contribution is -2.38. The highest BCUT2D eigenvalue weighted by Gasteiger charge is 2.35. The van der Waals surface area contributed by atoms with Crippen LogP contribution >= 0.6 is 11.3 Å². The highest BCUT2D eigenvalue weighted by atomic mass is 32.3. The first-order valence-electron chi connectivity index (χ1n) is 7.77. The minimum Gasteiger partial charge on any atom is -0.382 e. The van der Waals surface area contributed by atoms with Gasteiger partial charge >= 0.3 is 0 Å². The van der Waals surface area contributed by atoms with Crippen molar-refractivity contribution in [1.82, 2.24) is 14.6 Å². The van der Waals surface area contributed by atoms with Crippen molar-refractivity contribution in [3.05, 3.63) is 11.6 Å². The molecule has 25 heavy (non-hydrogen) atoms. The summed E-state index contributed by atoms with van der Waals surface area (Å²) < 4.78 is 61.3. The molecule has 144 valence electrons. The van der Waals surface area contributed by atoms with Gasteiger partial charge in [0.2, 0.25) is 0 Å². The molecule has 0 saturated heterocycles. The Morgan fingerprint density at radius 3 is 2.76 bits per heavy atom. The fraction of sp³-hybridized carbons (Fsp3) is 0.692. The number of hydrogen-bond donors (Lipinski definition) is 2. The van der Waals surface area contributed by atoms with Crippen molar-refractivity contribution in [3.8, 4) is 0 Å². The number of hydrazine groups is 1. The smallest absolute Gasteiger partial charge is 0.262 e. The molecule has 0 bridgehead atoms. The minimum atomic E-state index is -3.78. The summed E-state index contributed by atoms with van der Waals surface area (Å²) >= 11 is 0.770.